The molecule has 0 fully saturated rings. The molecule has 0 unspecified atom stereocenters. The molecule has 0 radical (unpaired) electrons. The maximum Gasteiger partial charge on any atom is 0.412 e. The number of rotatable bonds is 5. The summed E-state index contributed by atoms with van der Waals surface area (Å²) >= 11 is 4.62. The second-order valence-corrected chi connectivity index (χ2v) is 4.89. The van der Waals surface area contributed by atoms with Gasteiger partial charge >= 0.3 is 17.4 Å². The Morgan fingerprint density at radius 3 is 2.41 bits per heavy atom. The van der Waals surface area contributed by atoms with E-state index in [1.54, 1.807) is 13.8 Å². The van der Waals surface area contributed by atoms with Crippen LogP contribution in [0.15, 0.2) is 18.2 Å². The van der Waals surface area contributed by atoms with Crippen LogP contribution in [0.1, 0.15) is 13.8 Å². The molecule has 0 saturated carbocycles. The SMILES string of the molecule is CNC(=O)Oc1ccc(NC(=O)C(F)(F)Cl)cc1OC(C)C. The minimum Gasteiger partial charge on any atom is -0.487 e. The molecule has 1 rings (SSSR count). The molecule has 0 saturated heterocycles. The van der Waals surface area contributed by atoms with Gasteiger partial charge in [-0.2, -0.15) is 8.78 Å². The number of halogens is 3. The van der Waals surface area contributed by atoms with E-state index in [0.29, 0.717) is 0 Å². The lowest BCUT2D eigenvalue weighted by atomic mass is 10.2. The van der Waals surface area contributed by atoms with Crippen LogP contribution in [0.3, 0.4) is 0 Å². The monoisotopic (exact) mass is 336 g/mol. The number of anilines is 1. The molecule has 0 aliphatic carbocycles. The van der Waals surface area contributed by atoms with Gasteiger partial charge in [0.25, 0.3) is 0 Å². The van der Waals surface area contributed by atoms with Crippen LogP contribution >= 0.6 is 11.6 Å². The Balaban J connectivity index is 3.03. The van der Waals surface area contributed by atoms with E-state index in [0.717, 1.165) is 0 Å². The molecule has 0 aliphatic rings. The third-order valence-corrected chi connectivity index (χ3v) is 2.40. The summed E-state index contributed by atoms with van der Waals surface area (Å²) in [6.45, 7) is 3.45. The third kappa shape index (κ3) is 5.36. The summed E-state index contributed by atoms with van der Waals surface area (Å²) in [5.74, 6) is -1.50. The zero-order chi connectivity index (χ0) is 16.9. The third-order valence-electron chi connectivity index (χ3n) is 2.23. The normalized spacial score (nSPS) is 11.0. The molecule has 0 heterocycles. The average Bonchev–Trinajstić information content (AvgIpc) is 2.39. The molecule has 22 heavy (non-hydrogen) atoms. The van der Waals surface area contributed by atoms with E-state index in [2.05, 4.69) is 16.9 Å². The number of ether oxygens (including phenoxy) is 2. The number of amides is 2. The predicted molar refractivity (Wildman–Crippen MR) is 76.7 cm³/mol. The maximum absolute atomic E-state index is 12.7. The van der Waals surface area contributed by atoms with E-state index in [1.165, 1.54) is 25.2 Å². The van der Waals surface area contributed by atoms with Crippen molar-refractivity contribution in [1.29, 1.82) is 0 Å². The Morgan fingerprint density at radius 2 is 1.91 bits per heavy atom. The summed E-state index contributed by atoms with van der Waals surface area (Å²) in [5.41, 5.74) is 0.0187. The maximum atomic E-state index is 12.7. The molecular formula is C13H15ClF2N2O4. The van der Waals surface area contributed by atoms with Crippen LogP contribution in [0.5, 0.6) is 11.5 Å². The number of hydrogen-bond acceptors (Lipinski definition) is 4. The van der Waals surface area contributed by atoms with E-state index in [-0.39, 0.29) is 23.3 Å². The van der Waals surface area contributed by atoms with E-state index in [1.807, 2.05) is 5.32 Å². The van der Waals surface area contributed by atoms with Gasteiger partial charge in [0.05, 0.1) is 6.10 Å². The quantitative estimate of drug-likeness (QED) is 0.810. The van der Waals surface area contributed by atoms with Crippen LogP contribution in [0.4, 0.5) is 19.3 Å². The van der Waals surface area contributed by atoms with Crippen LogP contribution in [-0.4, -0.2) is 30.5 Å². The number of carbonyl (C=O) groups excluding carboxylic acids is 2. The Kier molecular flexibility index (Phi) is 5.92. The average molecular weight is 337 g/mol. The lowest BCUT2D eigenvalue weighted by molar-refractivity contribution is -0.130. The second kappa shape index (κ2) is 7.26. The summed E-state index contributed by atoms with van der Waals surface area (Å²) in [7, 11) is 1.38. The van der Waals surface area contributed by atoms with Gasteiger partial charge in [0, 0.05) is 18.8 Å². The highest BCUT2D eigenvalue weighted by atomic mass is 35.5. The largest absolute Gasteiger partial charge is 0.487 e. The summed E-state index contributed by atoms with van der Waals surface area (Å²) in [4.78, 5) is 22.4. The standard InChI is InChI=1S/C13H15ClF2N2O4/c1-7(2)21-10-6-8(18-11(19)13(14,15)16)4-5-9(10)22-12(20)17-3/h4-7H,1-3H3,(H,17,20)(H,18,19). The molecule has 0 spiro atoms. The molecule has 1 aromatic carbocycles. The number of hydrogen-bond donors (Lipinski definition) is 2. The van der Waals surface area contributed by atoms with Crippen LogP contribution in [0, 0.1) is 0 Å². The van der Waals surface area contributed by atoms with E-state index in [9.17, 15) is 18.4 Å². The van der Waals surface area contributed by atoms with Crippen molar-refractivity contribution in [3.05, 3.63) is 18.2 Å². The minimum absolute atomic E-state index is 0.0187. The zero-order valence-electron chi connectivity index (χ0n) is 12.1. The Labute approximate surface area is 130 Å². The van der Waals surface area contributed by atoms with Crippen LogP contribution in [-0.2, 0) is 4.79 Å². The molecule has 0 bridgehead atoms. The summed E-state index contributed by atoms with van der Waals surface area (Å²) in [6, 6.07) is 3.82. The fourth-order valence-corrected chi connectivity index (χ4v) is 1.42. The first-order valence-electron chi connectivity index (χ1n) is 6.22. The van der Waals surface area contributed by atoms with Crippen molar-refractivity contribution in [3.8, 4) is 11.5 Å². The molecule has 1 aromatic rings. The van der Waals surface area contributed by atoms with Gasteiger partial charge in [-0.05, 0) is 37.6 Å². The molecule has 0 aromatic heterocycles. The van der Waals surface area contributed by atoms with Crippen molar-refractivity contribution in [2.75, 3.05) is 12.4 Å². The molecule has 2 N–H and O–H groups in total. The lowest BCUT2D eigenvalue weighted by Crippen LogP contribution is -2.29. The fraction of sp³-hybridized carbons (Fsp3) is 0.385. The van der Waals surface area contributed by atoms with E-state index < -0.39 is 17.4 Å². The molecule has 122 valence electrons. The fourth-order valence-electron chi connectivity index (χ4n) is 1.37. The number of alkyl halides is 3. The highest BCUT2D eigenvalue weighted by molar-refractivity contribution is 6.33. The van der Waals surface area contributed by atoms with Crippen molar-refractivity contribution in [2.24, 2.45) is 0 Å². The molecule has 0 atom stereocenters. The molecular weight excluding hydrogens is 322 g/mol. The van der Waals surface area contributed by atoms with Crippen LogP contribution in [0.25, 0.3) is 0 Å². The van der Waals surface area contributed by atoms with Gasteiger partial charge in [0.1, 0.15) is 0 Å². The topological polar surface area (TPSA) is 76.7 Å². The highest BCUT2D eigenvalue weighted by Crippen LogP contribution is 2.32. The zero-order valence-corrected chi connectivity index (χ0v) is 12.8. The lowest BCUT2D eigenvalue weighted by Gasteiger charge is -2.16. The number of nitrogens with one attached hydrogen (secondary N) is 2. The van der Waals surface area contributed by atoms with Gasteiger partial charge in [0.15, 0.2) is 11.5 Å². The molecule has 6 nitrogen and oxygen atoms in total. The van der Waals surface area contributed by atoms with Crippen LogP contribution < -0.4 is 20.1 Å². The van der Waals surface area contributed by atoms with E-state index >= 15 is 0 Å². The van der Waals surface area contributed by atoms with Crippen molar-refractivity contribution >= 4 is 29.3 Å². The first-order chi connectivity index (χ1) is 10.1. The van der Waals surface area contributed by atoms with Gasteiger partial charge in [-0.1, -0.05) is 0 Å². The van der Waals surface area contributed by atoms with Crippen LogP contribution in [0.2, 0.25) is 0 Å². The van der Waals surface area contributed by atoms with Gasteiger partial charge in [-0.3, -0.25) is 4.79 Å². The van der Waals surface area contributed by atoms with Gasteiger partial charge < -0.3 is 20.1 Å². The minimum atomic E-state index is -4.03. The molecule has 0 aliphatic heterocycles. The highest BCUT2D eigenvalue weighted by Gasteiger charge is 2.35. The smallest absolute Gasteiger partial charge is 0.412 e. The molecule has 2 amide bonds. The Hall–Kier alpha value is -2.09. The predicted octanol–water partition coefficient (Wildman–Crippen LogP) is 2.96. The Morgan fingerprint density at radius 1 is 1.27 bits per heavy atom. The van der Waals surface area contributed by atoms with Crippen molar-refractivity contribution in [3.63, 3.8) is 0 Å². The van der Waals surface area contributed by atoms with Crippen molar-refractivity contribution in [1.82, 2.24) is 5.32 Å². The first kappa shape index (κ1) is 18.0. The molecule has 9 heteroatoms. The van der Waals surface area contributed by atoms with Gasteiger partial charge in [-0.15, -0.1) is 0 Å². The van der Waals surface area contributed by atoms with Crippen molar-refractivity contribution < 1.29 is 27.8 Å². The number of carbonyl (C=O) groups is 2. The second-order valence-electron chi connectivity index (χ2n) is 4.42. The van der Waals surface area contributed by atoms with Crippen molar-refractivity contribution in [2.45, 2.75) is 25.3 Å². The number of benzene rings is 1. The summed E-state index contributed by atoms with van der Waals surface area (Å²) in [5, 5.41) is 0.159. The van der Waals surface area contributed by atoms with Gasteiger partial charge in [-0.25, -0.2) is 4.79 Å². The van der Waals surface area contributed by atoms with E-state index in [4.69, 9.17) is 9.47 Å². The first-order valence-corrected chi connectivity index (χ1v) is 6.59. The summed E-state index contributed by atoms with van der Waals surface area (Å²) < 4.78 is 35.7. The van der Waals surface area contributed by atoms with Gasteiger partial charge in [0.2, 0.25) is 0 Å². The Bertz CT molecular complexity index is 561. The summed E-state index contributed by atoms with van der Waals surface area (Å²) in [6.07, 6.45) is -0.995.